The molecule has 0 fully saturated rings. The van der Waals surface area contributed by atoms with Crippen LogP contribution in [0.5, 0.6) is 0 Å². The van der Waals surface area contributed by atoms with E-state index in [9.17, 15) is 4.79 Å². The predicted molar refractivity (Wildman–Crippen MR) is 62.0 cm³/mol. The van der Waals surface area contributed by atoms with Crippen molar-refractivity contribution in [2.45, 2.75) is 25.7 Å². The molecule has 0 aromatic heterocycles. The molecular formula is C13H18O3. The topological polar surface area (TPSA) is 35.5 Å². The zero-order valence-corrected chi connectivity index (χ0v) is 9.43. The number of carbonyl (C=O) groups is 1. The first kappa shape index (κ1) is 12.7. The first-order chi connectivity index (χ1) is 7.93. The Bertz CT molecular complexity index is 272. The zero-order valence-electron chi connectivity index (χ0n) is 9.43. The summed E-state index contributed by atoms with van der Waals surface area (Å²) in [4.78, 5) is 9.79. The molecule has 0 spiro atoms. The monoisotopic (exact) mass is 222 g/mol. The molecule has 1 aromatic rings. The molecule has 0 radical (unpaired) electrons. The molecule has 0 atom stereocenters. The minimum Gasteiger partial charge on any atom is -0.441 e. The van der Waals surface area contributed by atoms with Gasteiger partial charge < -0.3 is 9.47 Å². The van der Waals surface area contributed by atoms with Gasteiger partial charge in [-0.05, 0) is 24.8 Å². The highest BCUT2D eigenvalue weighted by Gasteiger charge is 1.93. The largest absolute Gasteiger partial charge is 0.441 e. The van der Waals surface area contributed by atoms with Gasteiger partial charge in [-0.2, -0.15) is 0 Å². The maximum absolute atomic E-state index is 9.79. The highest BCUT2D eigenvalue weighted by molar-refractivity contribution is 5.36. The highest BCUT2D eigenvalue weighted by Crippen LogP contribution is 2.06. The van der Waals surface area contributed by atoms with Gasteiger partial charge in [0.25, 0.3) is 6.47 Å². The molecule has 0 aliphatic carbocycles. The molecule has 1 aromatic carbocycles. The molecule has 1 rings (SSSR count). The summed E-state index contributed by atoms with van der Waals surface area (Å²) in [6, 6.07) is 10.5. The standard InChI is InChI=1S/C13H18O3/c14-11-16-12-15-10-6-2-5-9-13-7-3-1-4-8-13/h1,3-4,7-8,11H,2,5-6,9-10,12H2. The number of benzene rings is 1. The molecule has 0 N–H and O–H groups in total. The second-order valence-corrected chi connectivity index (χ2v) is 3.59. The Morgan fingerprint density at radius 1 is 1.06 bits per heavy atom. The molecule has 0 aliphatic rings. The van der Waals surface area contributed by atoms with E-state index in [1.165, 1.54) is 12.0 Å². The van der Waals surface area contributed by atoms with Crippen molar-refractivity contribution in [2.24, 2.45) is 0 Å². The van der Waals surface area contributed by atoms with Crippen LogP contribution in [0.4, 0.5) is 0 Å². The average molecular weight is 222 g/mol. The van der Waals surface area contributed by atoms with Crippen LogP contribution < -0.4 is 0 Å². The molecule has 16 heavy (non-hydrogen) atoms. The van der Waals surface area contributed by atoms with Gasteiger partial charge in [-0.1, -0.05) is 36.8 Å². The molecule has 0 heterocycles. The third-order valence-corrected chi connectivity index (χ3v) is 2.32. The van der Waals surface area contributed by atoms with E-state index in [1.807, 2.05) is 6.07 Å². The van der Waals surface area contributed by atoms with Crippen LogP contribution >= 0.6 is 0 Å². The summed E-state index contributed by atoms with van der Waals surface area (Å²) in [5, 5.41) is 0. The molecule has 3 heteroatoms. The van der Waals surface area contributed by atoms with Crippen LogP contribution in [0.25, 0.3) is 0 Å². The van der Waals surface area contributed by atoms with E-state index >= 15 is 0 Å². The smallest absolute Gasteiger partial charge is 0.295 e. The summed E-state index contributed by atoms with van der Waals surface area (Å²) in [5.41, 5.74) is 1.38. The molecule has 88 valence electrons. The Morgan fingerprint density at radius 3 is 2.62 bits per heavy atom. The van der Waals surface area contributed by atoms with Crippen LogP contribution in [-0.2, 0) is 20.7 Å². The predicted octanol–water partition coefficient (Wildman–Crippen LogP) is 2.55. The fraction of sp³-hybridized carbons (Fsp3) is 0.462. The third kappa shape index (κ3) is 6.19. The lowest BCUT2D eigenvalue weighted by Gasteiger charge is -2.03. The van der Waals surface area contributed by atoms with E-state index in [2.05, 4.69) is 29.0 Å². The lowest BCUT2D eigenvalue weighted by Crippen LogP contribution is -2.00. The molecule has 0 aliphatic heterocycles. The minimum absolute atomic E-state index is 0.0716. The molecule has 3 nitrogen and oxygen atoms in total. The van der Waals surface area contributed by atoms with Gasteiger partial charge in [0.15, 0.2) is 6.79 Å². The Morgan fingerprint density at radius 2 is 1.88 bits per heavy atom. The SMILES string of the molecule is O=COCOCCCCCc1ccccc1. The van der Waals surface area contributed by atoms with Crippen LogP contribution in [0.3, 0.4) is 0 Å². The first-order valence-corrected chi connectivity index (χ1v) is 5.60. The summed E-state index contributed by atoms with van der Waals surface area (Å²) < 4.78 is 9.48. The minimum atomic E-state index is 0.0716. The van der Waals surface area contributed by atoms with Gasteiger partial charge in [-0.3, -0.25) is 4.79 Å². The van der Waals surface area contributed by atoms with Gasteiger partial charge in [0, 0.05) is 0 Å². The maximum Gasteiger partial charge on any atom is 0.295 e. The van der Waals surface area contributed by atoms with Crippen LogP contribution in [0.2, 0.25) is 0 Å². The quantitative estimate of drug-likeness (QED) is 0.366. The third-order valence-electron chi connectivity index (χ3n) is 2.32. The van der Waals surface area contributed by atoms with Crippen LogP contribution in [0.1, 0.15) is 24.8 Å². The fourth-order valence-electron chi connectivity index (χ4n) is 1.49. The Balaban J connectivity index is 1.90. The van der Waals surface area contributed by atoms with Crippen molar-refractivity contribution >= 4 is 6.47 Å². The van der Waals surface area contributed by atoms with Crippen molar-refractivity contribution in [3.05, 3.63) is 35.9 Å². The number of hydrogen-bond acceptors (Lipinski definition) is 3. The Kier molecular flexibility index (Phi) is 7.09. The lowest BCUT2D eigenvalue weighted by molar-refractivity contribution is -0.140. The van der Waals surface area contributed by atoms with Crippen molar-refractivity contribution in [3.63, 3.8) is 0 Å². The summed E-state index contributed by atoms with van der Waals surface area (Å²) in [6.07, 6.45) is 4.43. The zero-order chi connectivity index (χ0) is 11.5. The fourth-order valence-corrected chi connectivity index (χ4v) is 1.49. The number of aryl methyl sites for hydroxylation is 1. The van der Waals surface area contributed by atoms with E-state index in [4.69, 9.17) is 4.74 Å². The van der Waals surface area contributed by atoms with Gasteiger partial charge in [0.1, 0.15) is 0 Å². The molecular weight excluding hydrogens is 204 g/mol. The van der Waals surface area contributed by atoms with Gasteiger partial charge in [-0.15, -0.1) is 0 Å². The van der Waals surface area contributed by atoms with Crippen molar-refractivity contribution in [1.29, 1.82) is 0 Å². The summed E-state index contributed by atoms with van der Waals surface area (Å²) in [5.74, 6) is 0. The van der Waals surface area contributed by atoms with Gasteiger partial charge in [0.2, 0.25) is 0 Å². The van der Waals surface area contributed by atoms with Crippen LogP contribution in [0, 0.1) is 0 Å². The molecule has 0 amide bonds. The number of unbranched alkanes of at least 4 members (excludes halogenated alkanes) is 2. The van der Waals surface area contributed by atoms with Gasteiger partial charge in [0.05, 0.1) is 6.61 Å². The van der Waals surface area contributed by atoms with Gasteiger partial charge >= 0.3 is 0 Å². The molecule has 0 unspecified atom stereocenters. The summed E-state index contributed by atoms with van der Waals surface area (Å²) >= 11 is 0. The van der Waals surface area contributed by atoms with E-state index in [1.54, 1.807) is 0 Å². The van der Waals surface area contributed by atoms with Crippen LogP contribution in [0.15, 0.2) is 30.3 Å². The Labute approximate surface area is 96.4 Å². The number of hydrogen-bond donors (Lipinski definition) is 0. The summed E-state index contributed by atoms with van der Waals surface area (Å²) in [6.45, 7) is 1.13. The Hall–Kier alpha value is -1.35. The van der Waals surface area contributed by atoms with E-state index in [0.717, 1.165) is 19.3 Å². The normalized spacial score (nSPS) is 10.0. The lowest BCUT2D eigenvalue weighted by atomic mass is 10.1. The average Bonchev–Trinajstić information content (AvgIpc) is 2.34. The number of ether oxygens (including phenoxy) is 2. The van der Waals surface area contributed by atoms with E-state index in [0.29, 0.717) is 13.1 Å². The molecule has 0 bridgehead atoms. The molecule has 0 saturated carbocycles. The van der Waals surface area contributed by atoms with Crippen molar-refractivity contribution in [3.8, 4) is 0 Å². The second kappa shape index (κ2) is 8.92. The van der Waals surface area contributed by atoms with Crippen LogP contribution in [-0.4, -0.2) is 19.9 Å². The highest BCUT2D eigenvalue weighted by atomic mass is 16.7. The second-order valence-electron chi connectivity index (χ2n) is 3.59. The molecule has 0 saturated heterocycles. The van der Waals surface area contributed by atoms with E-state index in [-0.39, 0.29) is 6.79 Å². The van der Waals surface area contributed by atoms with Crippen molar-refractivity contribution in [2.75, 3.05) is 13.4 Å². The van der Waals surface area contributed by atoms with Crippen molar-refractivity contribution in [1.82, 2.24) is 0 Å². The number of carbonyl (C=O) groups excluding carboxylic acids is 1. The maximum atomic E-state index is 9.79. The first-order valence-electron chi connectivity index (χ1n) is 5.60. The summed E-state index contributed by atoms with van der Waals surface area (Å²) in [7, 11) is 0. The van der Waals surface area contributed by atoms with Crippen molar-refractivity contribution < 1.29 is 14.3 Å². The van der Waals surface area contributed by atoms with Gasteiger partial charge in [-0.25, -0.2) is 0 Å². The van der Waals surface area contributed by atoms with E-state index < -0.39 is 0 Å². The number of rotatable bonds is 9.